The number of anilines is 1. The number of benzene rings is 1. The summed E-state index contributed by atoms with van der Waals surface area (Å²) in [7, 11) is 1.83. The number of aliphatic carboxylic acids is 1. The fraction of sp³-hybridized carbons (Fsp3) is 0.300. The van der Waals surface area contributed by atoms with Gasteiger partial charge in [0.25, 0.3) is 0 Å². The maximum atomic E-state index is 12.2. The van der Waals surface area contributed by atoms with Crippen LogP contribution in [0.4, 0.5) is 5.95 Å². The minimum Gasteiger partial charge on any atom is -0.480 e. The van der Waals surface area contributed by atoms with Gasteiger partial charge in [0.1, 0.15) is 6.04 Å². The van der Waals surface area contributed by atoms with Crippen LogP contribution in [0.25, 0.3) is 10.9 Å². The summed E-state index contributed by atoms with van der Waals surface area (Å²) >= 11 is 0. The molecule has 150 valence electrons. The maximum absolute atomic E-state index is 12.2. The molecule has 0 radical (unpaired) electrons. The predicted octanol–water partition coefficient (Wildman–Crippen LogP) is 1.61. The van der Waals surface area contributed by atoms with E-state index in [0.717, 1.165) is 5.52 Å². The Morgan fingerprint density at radius 1 is 1.07 bits per heavy atom. The fourth-order valence-corrected chi connectivity index (χ4v) is 3.89. The summed E-state index contributed by atoms with van der Waals surface area (Å²) in [6.07, 6.45) is 5.15. The third-order valence-corrected chi connectivity index (χ3v) is 5.31. The van der Waals surface area contributed by atoms with E-state index in [1.165, 1.54) is 6.07 Å². The molecule has 1 aromatic carbocycles. The molecule has 3 heterocycles. The van der Waals surface area contributed by atoms with E-state index in [2.05, 4.69) is 9.97 Å². The highest BCUT2D eigenvalue weighted by molar-refractivity contribution is 5.96. The number of carbonyl (C=O) groups is 2. The van der Waals surface area contributed by atoms with E-state index in [4.69, 9.17) is 0 Å². The number of fused-ring (bicyclic) bond motifs is 1. The molecule has 1 atom stereocenters. The highest BCUT2D eigenvalue weighted by Gasteiger charge is 2.33. The minimum absolute atomic E-state index is 0.139. The lowest BCUT2D eigenvalue weighted by molar-refractivity contribution is -0.143. The molecule has 0 bridgehead atoms. The SMILES string of the molecule is Cn1cc([C@@H](C(=O)O)N2CCN(c3ncccn3)CC2)c2cc(C(=O)O)ccc21. The van der Waals surface area contributed by atoms with Gasteiger partial charge in [-0.25, -0.2) is 14.8 Å². The van der Waals surface area contributed by atoms with Gasteiger partial charge in [0.05, 0.1) is 5.56 Å². The van der Waals surface area contributed by atoms with E-state index in [1.54, 1.807) is 36.8 Å². The molecule has 0 unspecified atom stereocenters. The molecule has 9 heteroatoms. The Kier molecular flexibility index (Phi) is 4.89. The predicted molar refractivity (Wildman–Crippen MR) is 106 cm³/mol. The van der Waals surface area contributed by atoms with Crippen LogP contribution in [0.3, 0.4) is 0 Å². The second kappa shape index (κ2) is 7.51. The van der Waals surface area contributed by atoms with Crippen molar-refractivity contribution in [2.45, 2.75) is 6.04 Å². The summed E-state index contributed by atoms with van der Waals surface area (Å²) in [5.41, 5.74) is 1.54. The quantitative estimate of drug-likeness (QED) is 0.670. The van der Waals surface area contributed by atoms with Crippen LogP contribution in [0.1, 0.15) is 22.0 Å². The van der Waals surface area contributed by atoms with Crippen molar-refractivity contribution < 1.29 is 19.8 Å². The van der Waals surface area contributed by atoms with Crippen LogP contribution in [0.2, 0.25) is 0 Å². The first kappa shape index (κ1) is 18.9. The van der Waals surface area contributed by atoms with E-state index in [0.29, 0.717) is 43.1 Å². The molecule has 1 fully saturated rings. The lowest BCUT2D eigenvalue weighted by Gasteiger charge is -2.37. The van der Waals surface area contributed by atoms with Gasteiger partial charge in [0, 0.05) is 68.3 Å². The van der Waals surface area contributed by atoms with Gasteiger partial charge in [-0.3, -0.25) is 9.69 Å². The molecule has 4 rings (SSSR count). The zero-order valence-electron chi connectivity index (χ0n) is 15.9. The first-order chi connectivity index (χ1) is 14.0. The van der Waals surface area contributed by atoms with Gasteiger partial charge in [-0.2, -0.15) is 0 Å². The summed E-state index contributed by atoms with van der Waals surface area (Å²) in [6.45, 7) is 2.28. The van der Waals surface area contributed by atoms with Gasteiger partial charge in [0.2, 0.25) is 5.95 Å². The first-order valence-electron chi connectivity index (χ1n) is 9.27. The van der Waals surface area contributed by atoms with Crippen LogP contribution in [-0.4, -0.2) is 67.8 Å². The molecular formula is C20H21N5O4. The Hall–Kier alpha value is -3.46. The Morgan fingerprint density at radius 3 is 2.38 bits per heavy atom. The van der Waals surface area contributed by atoms with Crippen LogP contribution in [0, 0.1) is 0 Å². The Morgan fingerprint density at radius 2 is 1.76 bits per heavy atom. The van der Waals surface area contributed by atoms with Crippen LogP contribution in [0.15, 0.2) is 42.9 Å². The van der Waals surface area contributed by atoms with Crippen molar-refractivity contribution >= 4 is 28.8 Å². The van der Waals surface area contributed by atoms with E-state index >= 15 is 0 Å². The van der Waals surface area contributed by atoms with Crippen LogP contribution in [-0.2, 0) is 11.8 Å². The topological polar surface area (TPSA) is 112 Å². The zero-order valence-corrected chi connectivity index (χ0v) is 15.9. The molecule has 1 saturated heterocycles. The van der Waals surface area contributed by atoms with Crippen molar-refractivity contribution in [3.63, 3.8) is 0 Å². The van der Waals surface area contributed by atoms with Crippen molar-refractivity contribution in [2.24, 2.45) is 7.05 Å². The highest BCUT2D eigenvalue weighted by Crippen LogP contribution is 2.32. The summed E-state index contributed by atoms with van der Waals surface area (Å²) in [6, 6.07) is 5.69. The number of carboxylic acid groups (broad SMARTS) is 2. The lowest BCUT2D eigenvalue weighted by Crippen LogP contribution is -2.49. The molecule has 2 aromatic heterocycles. The smallest absolute Gasteiger partial charge is 0.335 e. The average molecular weight is 395 g/mol. The summed E-state index contributed by atoms with van der Waals surface area (Å²) in [5.74, 6) is -1.36. The first-order valence-corrected chi connectivity index (χ1v) is 9.27. The Bertz CT molecular complexity index is 1060. The van der Waals surface area contributed by atoms with Crippen molar-refractivity contribution in [3.05, 3.63) is 54.0 Å². The molecule has 3 aromatic rings. The van der Waals surface area contributed by atoms with Crippen molar-refractivity contribution in [1.29, 1.82) is 0 Å². The van der Waals surface area contributed by atoms with Crippen molar-refractivity contribution in [2.75, 3.05) is 31.1 Å². The molecule has 0 amide bonds. The molecule has 0 saturated carbocycles. The molecule has 0 aliphatic carbocycles. The molecule has 29 heavy (non-hydrogen) atoms. The van der Waals surface area contributed by atoms with Gasteiger partial charge in [-0.15, -0.1) is 0 Å². The number of aryl methyl sites for hydroxylation is 1. The third kappa shape index (κ3) is 3.52. The van der Waals surface area contributed by atoms with Gasteiger partial charge < -0.3 is 19.7 Å². The molecule has 2 N–H and O–H groups in total. The Balaban J connectivity index is 1.64. The monoisotopic (exact) mass is 395 g/mol. The van der Waals surface area contributed by atoms with Gasteiger partial charge >= 0.3 is 11.9 Å². The van der Waals surface area contributed by atoms with E-state index in [1.807, 2.05) is 21.4 Å². The highest BCUT2D eigenvalue weighted by atomic mass is 16.4. The molecular weight excluding hydrogens is 374 g/mol. The number of piperazine rings is 1. The molecule has 0 spiro atoms. The van der Waals surface area contributed by atoms with E-state index in [-0.39, 0.29) is 5.56 Å². The summed E-state index contributed by atoms with van der Waals surface area (Å²) < 4.78 is 1.83. The van der Waals surface area contributed by atoms with Crippen LogP contribution in [0.5, 0.6) is 0 Å². The van der Waals surface area contributed by atoms with Crippen LogP contribution < -0.4 is 4.90 Å². The number of rotatable bonds is 5. The third-order valence-electron chi connectivity index (χ3n) is 5.31. The minimum atomic E-state index is -1.04. The summed E-state index contributed by atoms with van der Waals surface area (Å²) in [5, 5.41) is 20.0. The Labute approximate surface area is 166 Å². The lowest BCUT2D eigenvalue weighted by atomic mass is 10.0. The molecule has 1 aliphatic heterocycles. The standard InChI is InChI=1S/C20H21N5O4/c1-23-12-15(14-11-13(18(26)27)3-4-16(14)23)17(19(28)29)24-7-9-25(10-8-24)20-21-5-2-6-22-20/h2-6,11-12,17H,7-10H2,1H3,(H,26,27)(H,28,29)/t17-/m0/s1. The van der Waals surface area contributed by atoms with E-state index < -0.39 is 18.0 Å². The molecule has 9 nitrogen and oxygen atoms in total. The largest absolute Gasteiger partial charge is 0.480 e. The fourth-order valence-electron chi connectivity index (χ4n) is 3.89. The number of aromatic nitrogens is 3. The second-order valence-electron chi connectivity index (χ2n) is 7.05. The van der Waals surface area contributed by atoms with Crippen LogP contribution >= 0.6 is 0 Å². The second-order valence-corrected chi connectivity index (χ2v) is 7.05. The van der Waals surface area contributed by atoms with Crippen molar-refractivity contribution in [1.82, 2.24) is 19.4 Å². The van der Waals surface area contributed by atoms with Gasteiger partial charge in [0.15, 0.2) is 0 Å². The number of hydrogen-bond acceptors (Lipinski definition) is 6. The zero-order chi connectivity index (χ0) is 20.5. The van der Waals surface area contributed by atoms with Gasteiger partial charge in [-0.05, 0) is 24.3 Å². The normalized spacial score (nSPS) is 16.1. The van der Waals surface area contributed by atoms with Gasteiger partial charge in [-0.1, -0.05) is 0 Å². The number of hydrogen-bond donors (Lipinski definition) is 2. The summed E-state index contributed by atoms with van der Waals surface area (Å²) in [4.78, 5) is 36.1. The number of aromatic carboxylic acids is 1. The number of nitrogens with zero attached hydrogens (tertiary/aromatic N) is 5. The number of carboxylic acids is 2. The maximum Gasteiger partial charge on any atom is 0.335 e. The average Bonchev–Trinajstić information content (AvgIpc) is 3.05. The van der Waals surface area contributed by atoms with Crippen molar-refractivity contribution in [3.8, 4) is 0 Å². The molecule has 1 aliphatic rings. The van der Waals surface area contributed by atoms with E-state index in [9.17, 15) is 19.8 Å².